The van der Waals surface area contributed by atoms with Gasteiger partial charge in [0.2, 0.25) is 5.91 Å². The minimum absolute atomic E-state index is 0.0837. The normalized spacial score (nSPS) is 19.8. The van der Waals surface area contributed by atoms with Crippen LogP contribution in [-0.2, 0) is 10.2 Å². The molecular formula is C14H20N2O. The molecule has 1 heterocycles. The average Bonchev–Trinajstić information content (AvgIpc) is 2.25. The van der Waals surface area contributed by atoms with Gasteiger partial charge in [0.05, 0.1) is 0 Å². The molecule has 3 heteroatoms. The first kappa shape index (κ1) is 12.1. The van der Waals surface area contributed by atoms with Crippen molar-refractivity contribution in [3.63, 3.8) is 0 Å². The van der Waals surface area contributed by atoms with Gasteiger partial charge in [-0.2, -0.15) is 0 Å². The van der Waals surface area contributed by atoms with Crippen molar-refractivity contribution in [2.45, 2.75) is 38.6 Å². The molecule has 1 aliphatic rings. The van der Waals surface area contributed by atoms with Crippen molar-refractivity contribution < 1.29 is 4.79 Å². The van der Waals surface area contributed by atoms with Gasteiger partial charge in [-0.3, -0.25) is 4.79 Å². The van der Waals surface area contributed by atoms with Crippen LogP contribution in [0.2, 0.25) is 0 Å². The molecule has 0 bridgehead atoms. The van der Waals surface area contributed by atoms with Crippen LogP contribution >= 0.6 is 0 Å². The lowest BCUT2D eigenvalue weighted by Gasteiger charge is -2.28. The third-order valence-corrected chi connectivity index (χ3v) is 3.31. The van der Waals surface area contributed by atoms with Gasteiger partial charge >= 0.3 is 0 Å². The van der Waals surface area contributed by atoms with Crippen LogP contribution in [0.15, 0.2) is 18.2 Å². The maximum atomic E-state index is 11.5. The van der Waals surface area contributed by atoms with Crippen LogP contribution in [0.4, 0.5) is 5.69 Å². The highest BCUT2D eigenvalue weighted by atomic mass is 16.1. The van der Waals surface area contributed by atoms with Crippen LogP contribution in [0.1, 0.15) is 44.4 Å². The first-order valence-electron chi connectivity index (χ1n) is 6.03. The van der Waals surface area contributed by atoms with E-state index in [-0.39, 0.29) is 17.4 Å². The van der Waals surface area contributed by atoms with Gasteiger partial charge < -0.3 is 10.6 Å². The first-order chi connectivity index (χ1) is 7.91. The maximum Gasteiger partial charge on any atom is 0.226 e. The number of anilines is 1. The lowest BCUT2D eigenvalue weighted by atomic mass is 9.84. The van der Waals surface area contributed by atoms with Crippen LogP contribution in [0, 0.1) is 0 Å². The van der Waals surface area contributed by atoms with E-state index in [9.17, 15) is 4.79 Å². The standard InChI is InChI=1S/C14H20N2O/c1-14(2,3)9-5-6-11-10(7-9)12(15-4)8-13(17)16-11/h5-7,12,15H,8H2,1-4H3,(H,16,17). The highest BCUT2D eigenvalue weighted by Crippen LogP contribution is 2.34. The number of amides is 1. The summed E-state index contributed by atoms with van der Waals surface area (Å²) in [6.07, 6.45) is 0.511. The van der Waals surface area contributed by atoms with Crippen molar-refractivity contribution >= 4 is 11.6 Å². The van der Waals surface area contributed by atoms with Crippen LogP contribution in [0.25, 0.3) is 0 Å². The Morgan fingerprint density at radius 1 is 1.35 bits per heavy atom. The summed E-state index contributed by atoms with van der Waals surface area (Å²) in [7, 11) is 1.90. The minimum Gasteiger partial charge on any atom is -0.326 e. The second kappa shape index (κ2) is 4.15. The maximum absolute atomic E-state index is 11.5. The molecule has 0 aliphatic carbocycles. The van der Waals surface area contributed by atoms with Crippen molar-refractivity contribution in [3.05, 3.63) is 29.3 Å². The van der Waals surface area contributed by atoms with E-state index in [1.54, 1.807) is 0 Å². The van der Waals surface area contributed by atoms with Crippen LogP contribution in [-0.4, -0.2) is 13.0 Å². The Hall–Kier alpha value is -1.35. The topological polar surface area (TPSA) is 41.1 Å². The van der Waals surface area contributed by atoms with E-state index in [2.05, 4.69) is 43.5 Å². The Labute approximate surface area is 103 Å². The number of fused-ring (bicyclic) bond motifs is 1. The zero-order valence-electron chi connectivity index (χ0n) is 10.9. The molecule has 0 saturated heterocycles. The zero-order valence-corrected chi connectivity index (χ0v) is 10.9. The van der Waals surface area contributed by atoms with Crippen molar-refractivity contribution in [2.75, 3.05) is 12.4 Å². The molecule has 0 saturated carbocycles. The molecular weight excluding hydrogens is 212 g/mol. The van der Waals surface area contributed by atoms with Crippen molar-refractivity contribution in [3.8, 4) is 0 Å². The SMILES string of the molecule is CNC1CC(=O)Nc2ccc(C(C)(C)C)cc21. The third-order valence-electron chi connectivity index (χ3n) is 3.31. The molecule has 17 heavy (non-hydrogen) atoms. The second-order valence-electron chi connectivity index (χ2n) is 5.65. The molecule has 2 rings (SSSR count). The average molecular weight is 232 g/mol. The van der Waals surface area contributed by atoms with Gasteiger partial charge in [0.15, 0.2) is 0 Å². The summed E-state index contributed by atoms with van der Waals surface area (Å²) in [5, 5.41) is 6.13. The van der Waals surface area contributed by atoms with E-state index in [4.69, 9.17) is 0 Å². The van der Waals surface area contributed by atoms with Gasteiger partial charge in [0, 0.05) is 18.2 Å². The molecule has 1 amide bonds. The predicted molar refractivity (Wildman–Crippen MR) is 70.2 cm³/mol. The minimum atomic E-state index is 0.0837. The van der Waals surface area contributed by atoms with E-state index in [0.717, 1.165) is 5.69 Å². The lowest BCUT2D eigenvalue weighted by molar-refractivity contribution is -0.117. The molecule has 1 unspecified atom stereocenters. The van der Waals surface area contributed by atoms with Crippen molar-refractivity contribution in [2.24, 2.45) is 0 Å². The first-order valence-corrected chi connectivity index (χ1v) is 6.03. The van der Waals surface area contributed by atoms with Crippen LogP contribution in [0.5, 0.6) is 0 Å². The fourth-order valence-electron chi connectivity index (χ4n) is 2.19. The molecule has 3 nitrogen and oxygen atoms in total. The third kappa shape index (κ3) is 2.34. The molecule has 92 valence electrons. The van der Waals surface area contributed by atoms with Gasteiger partial charge in [-0.25, -0.2) is 0 Å². The molecule has 1 aromatic rings. The van der Waals surface area contributed by atoms with Gasteiger partial charge in [-0.05, 0) is 29.7 Å². The quantitative estimate of drug-likeness (QED) is 0.781. The number of rotatable bonds is 1. The Morgan fingerprint density at radius 2 is 2.06 bits per heavy atom. The predicted octanol–water partition coefficient (Wildman–Crippen LogP) is 2.59. The molecule has 1 aromatic carbocycles. The van der Waals surface area contributed by atoms with Gasteiger partial charge in [0.25, 0.3) is 0 Å². The summed E-state index contributed by atoms with van der Waals surface area (Å²) in [5.74, 6) is 0.0837. The second-order valence-corrected chi connectivity index (χ2v) is 5.65. The number of hydrogen-bond donors (Lipinski definition) is 2. The lowest BCUT2D eigenvalue weighted by Crippen LogP contribution is -2.30. The number of nitrogens with one attached hydrogen (secondary N) is 2. The molecule has 1 aliphatic heterocycles. The number of hydrogen-bond acceptors (Lipinski definition) is 2. The van der Waals surface area contributed by atoms with E-state index in [1.165, 1.54) is 11.1 Å². The number of carbonyl (C=O) groups is 1. The number of benzene rings is 1. The molecule has 0 fully saturated rings. The Kier molecular flexibility index (Phi) is 2.96. The molecule has 0 spiro atoms. The molecule has 0 aromatic heterocycles. The number of carbonyl (C=O) groups excluding carboxylic acids is 1. The summed E-state index contributed by atoms with van der Waals surface area (Å²) in [4.78, 5) is 11.5. The zero-order chi connectivity index (χ0) is 12.6. The largest absolute Gasteiger partial charge is 0.326 e. The summed E-state index contributed by atoms with van der Waals surface area (Å²) in [6.45, 7) is 6.60. The fourth-order valence-corrected chi connectivity index (χ4v) is 2.19. The Morgan fingerprint density at radius 3 is 2.65 bits per heavy atom. The Balaban J connectivity index is 2.46. The summed E-state index contributed by atoms with van der Waals surface area (Å²) in [5.41, 5.74) is 3.56. The van der Waals surface area contributed by atoms with Crippen molar-refractivity contribution in [1.82, 2.24) is 5.32 Å². The van der Waals surface area contributed by atoms with Gasteiger partial charge in [-0.1, -0.05) is 32.9 Å². The van der Waals surface area contributed by atoms with E-state index < -0.39 is 0 Å². The van der Waals surface area contributed by atoms with Crippen LogP contribution in [0.3, 0.4) is 0 Å². The molecule has 0 radical (unpaired) electrons. The van der Waals surface area contributed by atoms with E-state index >= 15 is 0 Å². The van der Waals surface area contributed by atoms with E-state index in [1.807, 2.05) is 13.1 Å². The van der Waals surface area contributed by atoms with Crippen LogP contribution < -0.4 is 10.6 Å². The van der Waals surface area contributed by atoms with Gasteiger partial charge in [0.1, 0.15) is 0 Å². The van der Waals surface area contributed by atoms with Crippen molar-refractivity contribution in [1.29, 1.82) is 0 Å². The fraction of sp³-hybridized carbons (Fsp3) is 0.500. The highest BCUT2D eigenvalue weighted by molar-refractivity contribution is 5.94. The summed E-state index contributed by atoms with van der Waals surface area (Å²) in [6, 6.07) is 6.44. The molecule has 1 atom stereocenters. The summed E-state index contributed by atoms with van der Waals surface area (Å²) < 4.78 is 0. The molecule has 2 N–H and O–H groups in total. The monoisotopic (exact) mass is 232 g/mol. The van der Waals surface area contributed by atoms with E-state index in [0.29, 0.717) is 6.42 Å². The smallest absolute Gasteiger partial charge is 0.226 e. The highest BCUT2D eigenvalue weighted by Gasteiger charge is 2.25. The van der Waals surface area contributed by atoms with Gasteiger partial charge in [-0.15, -0.1) is 0 Å². The summed E-state index contributed by atoms with van der Waals surface area (Å²) >= 11 is 0. The Bertz CT molecular complexity index is 446.